The fraction of sp³-hybridized carbons (Fsp3) is 0.0588. The first-order valence-electron chi connectivity index (χ1n) is 6.77. The zero-order valence-electron chi connectivity index (χ0n) is 11.9. The third-order valence-corrected chi connectivity index (χ3v) is 3.79. The van der Waals surface area contributed by atoms with Crippen molar-refractivity contribution in [1.82, 2.24) is 4.73 Å². The average molecular weight is 314 g/mol. The number of halogens is 1. The molecule has 0 amide bonds. The molecule has 1 aromatic heterocycles. The molecule has 0 bridgehead atoms. The molecule has 0 saturated heterocycles. The maximum absolute atomic E-state index is 12.8. The fourth-order valence-electron chi connectivity index (χ4n) is 2.38. The van der Waals surface area contributed by atoms with Crippen molar-refractivity contribution in [2.45, 2.75) is 6.92 Å². The third-order valence-electron chi connectivity index (χ3n) is 3.54. The molecule has 0 saturated carbocycles. The van der Waals surface area contributed by atoms with Gasteiger partial charge < -0.3 is 5.21 Å². The van der Waals surface area contributed by atoms with Crippen LogP contribution in [-0.2, 0) is 0 Å². The van der Waals surface area contributed by atoms with Gasteiger partial charge in [-0.2, -0.15) is 4.73 Å². The number of benzene rings is 2. The molecule has 1 N–H and O–H groups in total. The lowest BCUT2D eigenvalue weighted by molar-refractivity contribution is -0.471. The summed E-state index contributed by atoms with van der Waals surface area (Å²) in [6, 6.07) is 16.2. The number of aromatic nitrogens is 2. The molecule has 5 heteroatoms. The van der Waals surface area contributed by atoms with Gasteiger partial charge in [-0.15, -0.1) is 0 Å². The molecule has 110 valence electrons. The van der Waals surface area contributed by atoms with Crippen molar-refractivity contribution in [2.24, 2.45) is 0 Å². The Hall–Kier alpha value is -2.59. The quantitative estimate of drug-likeness (QED) is 0.575. The Morgan fingerprint density at radius 3 is 2.27 bits per heavy atom. The van der Waals surface area contributed by atoms with Crippen molar-refractivity contribution in [3.63, 3.8) is 0 Å². The second-order valence-electron chi connectivity index (χ2n) is 4.96. The van der Waals surface area contributed by atoms with Crippen LogP contribution in [0.1, 0.15) is 5.69 Å². The summed E-state index contributed by atoms with van der Waals surface area (Å²) in [7, 11) is 0. The molecular formula is C17H14ClN2O2+. The summed E-state index contributed by atoms with van der Waals surface area (Å²) in [4.78, 5) is 12.8. The van der Waals surface area contributed by atoms with Crippen LogP contribution in [-0.4, -0.2) is 9.94 Å². The summed E-state index contributed by atoms with van der Waals surface area (Å²) in [5.74, 6) is 0. The van der Waals surface area contributed by atoms with Gasteiger partial charge in [0.1, 0.15) is 11.9 Å². The minimum Gasteiger partial charge on any atom is -0.428 e. The van der Waals surface area contributed by atoms with Crippen molar-refractivity contribution >= 4 is 11.6 Å². The Morgan fingerprint density at radius 2 is 1.64 bits per heavy atom. The molecule has 4 nitrogen and oxygen atoms in total. The Bertz CT molecular complexity index is 872. The Labute approximate surface area is 132 Å². The number of rotatable bonds is 2. The average Bonchev–Trinajstić information content (AvgIpc) is 2.54. The monoisotopic (exact) mass is 313 g/mol. The number of hydrogen-bond donors (Lipinski definition) is 1. The largest absolute Gasteiger partial charge is 0.428 e. The second-order valence-corrected chi connectivity index (χ2v) is 5.40. The first kappa shape index (κ1) is 14.4. The third kappa shape index (κ3) is 2.49. The van der Waals surface area contributed by atoms with Crippen molar-refractivity contribution in [1.29, 1.82) is 0 Å². The van der Waals surface area contributed by atoms with E-state index in [0.717, 1.165) is 14.7 Å². The molecule has 0 aliphatic carbocycles. The van der Waals surface area contributed by atoms with E-state index in [-0.39, 0.29) is 0 Å². The first-order chi connectivity index (χ1) is 10.6. The molecule has 1 heterocycles. The SMILES string of the molecule is Cc1c(-c2ccc(Cl)cc2)[n+](=O)c(-c2ccccc2)cn1O. The molecule has 2 aromatic carbocycles. The van der Waals surface area contributed by atoms with Crippen LogP contribution in [0.3, 0.4) is 0 Å². The van der Waals surface area contributed by atoms with Crippen molar-refractivity contribution in [2.75, 3.05) is 0 Å². The maximum Gasteiger partial charge on any atom is 0.293 e. The van der Waals surface area contributed by atoms with E-state index in [9.17, 15) is 10.1 Å². The molecule has 0 radical (unpaired) electrons. The first-order valence-corrected chi connectivity index (χ1v) is 7.15. The van der Waals surface area contributed by atoms with Crippen LogP contribution in [0, 0.1) is 11.8 Å². The minimum atomic E-state index is 0.374. The Balaban J connectivity index is 2.29. The molecule has 0 atom stereocenters. The van der Waals surface area contributed by atoms with E-state index in [0.29, 0.717) is 27.7 Å². The Morgan fingerprint density at radius 1 is 1.00 bits per heavy atom. The maximum atomic E-state index is 12.8. The van der Waals surface area contributed by atoms with Crippen LogP contribution in [0.2, 0.25) is 5.02 Å². The van der Waals surface area contributed by atoms with Crippen LogP contribution in [0.5, 0.6) is 0 Å². The van der Waals surface area contributed by atoms with E-state index >= 15 is 0 Å². The highest BCUT2D eigenvalue weighted by Gasteiger charge is 2.24. The fourth-order valence-corrected chi connectivity index (χ4v) is 2.50. The van der Waals surface area contributed by atoms with Gasteiger partial charge in [0.15, 0.2) is 0 Å². The normalized spacial score (nSPS) is 10.6. The van der Waals surface area contributed by atoms with Crippen molar-refractivity contribution in [3.05, 3.63) is 76.4 Å². The molecule has 22 heavy (non-hydrogen) atoms. The van der Waals surface area contributed by atoms with E-state index in [1.807, 2.05) is 30.3 Å². The van der Waals surface area contributed by atoms with Gasteiger partial charge in [0.05, 0.1) is 15.6 Å². The lowest BCUT2D eigenvalue weighted by Gasteiger charge is -2.05. The van der Waals surface area contributed by atoms with Gasteiger partial charge >= 0.3 is 0 Å². The van der Waals surface area contributed by atoms with Gasteiger partial charge in [-0.25, -0.2) is 0 Å². The molecule has 3 aromatic rings. The van der Waals surface area contributed by atoms with Gasteiger partial charge in [-0.3, -0.25) is 0 Å². The standard InChI is InChI=1S/C17H14ClN2O2/c1-12-17(14-7-9-15(18)10-8-14)20(22)16(11-19(12)21)13-5-3-2-4-6-13/h2-11,21H,1H3/q+1. The van der Waals surface area contributed by atoms with E-state index in [1.165, 1.54) is 6.20 Å². The predicted octanol–water partition coefficient (Wildman–Crippen LogP) is 3.94. The summed E-state index contributed by atoms with van der Waals surface area (Å²) >= 11 is 5.90. The Kier molecular flexibility index (Phi) is 3.69. The van der Waals surface area contributed by atoms with Gasteiger partial charge in [0, 0.05) is 9.93 Å². The van der Waals surface area contributed by atoms with Crippen molar-refractivity contribution < 1.29 is 9.63 Å². The highest BCUT2D eigenvalue weighted by Crippen LogP contribution is 2.23. The summed E-state index contributed by atoms with van der Waals surface area (Å²) in [6.07, 6.45) is 1.41. The summed E-state index contributed by atoms with van der Waals surface area (Å²) in [5, 5.41) is 10.7. The topological polar surface area (TPSA) is 48.1 Å². The molecule has 0 aliphatic rings. The van der Waals surface area contributed by atoms with Crippen LogP contribution < -0.4 is 4.43 Å². The minimum absolute atomic E-state index is 0.374. The zero-order chi connectivity index (χ0) is 15.7. The summed E-state index contributed by atoms with van der Waals surface area (Å²) < 4.78 is 1.81. The summed E-state index contributed by atoms with van der Waals surface area (Å²) in [6.45, 7) is 1.69. The lowest BCUT2D eigenvalue weighted by atomic mass is 10.1. The molecular weight excluding hydrogens is 300 g/mol. The van der Waals surface area contributed by atoms with Crippen LogP contribution in [0.15, 0.2) is 60.8 Å². The van der Waals surface area contributed by atoms with Crippen LogP contribution >= 0.6 is 11.6 Å². The van der Waals surface area contributed by atoms with Crippen LogP contribution in [0.4, 0.5) is 0 Å². The van der Waals surface area contributed by atoms with Crippen LogP contribution in [0.25, 0.3) is 22.5 Å². The second kappa shape index (κ2) is 5.66. The van der Waals surface area contributed by atoms with Gasteiger partial charge in [0.2, 0.25) is 0 Å². The van der Waals surface area contributed by atoms with Crippen molar-refractivity contribution in [3.8, 4) is 22.5 Å². The molecule has 0 aliphatic heterocycles. The molecule has 0 spiro atoms. The number of nitrogens with zero attached hydrogens (tertiary/aromatic N) is 2. The molecule has 0 fully saturated rings. The highest BCUT2D eigenvalue weighted by molar-refractivity contribution is 6.30. The van der Waals surface area contributed by atoms with E-state index in [1.54, 1.807) is 31.2 Å². The molecule has 3 rings (SSSR count). The zero-order valence-corrected chi connectivity index (χ0v) is 12.7. The lowest BCUT2D eigenvalue weighted by Crippen LogP contribution is -2.25. The summed E-state index contributed by atoms with van der Waals surface area (Å²) in [5.41, 5.74) is 2.64. The van der Waals surface area contributed by atoms with Gasteiger partial charge in [0.25, 0.3) is 11.4 Å². The van der Waals surface area contributed by atoms with Gasteiger partial charge in [-0.1, -0.05) is 29.8 Å². The smallest absolute Gasteiger partial charge is 0.293 e. The van der Waals surface area contributed by atoms with E-state index < -0.39 is 0 Å². The highest BCUT2D eigenvalue weighted by atomic mass is 35.5. The molecule has 0 unspecified atom stereocenters. The van der Waals surface area contributed by atoms with E-state index in [2.05, 4.69) is 0 Å². The van der Waals surface area contributed by atoms with E-state index in [4.69, 9.17) is 11.6 Å². The number of hydrogen-bond acceptors (Lipinski definition) is 2. The predicted molar refractivity (Wildman–Crippen MR) is 85.6 cm³/mol. The van der Waals surface area contributed by atoms with Gasteiger partial charge in [-0.05, 0) is 43.3 Å².